The van der Waals surface area contributed by atoms with E-state index in [2.05, 4.69) is 0 Å². The predicted molar refractivity (Wildman–Crippen MR) is 36.2 cm³/mol. The standard InChI is InChI=1S/C7H9NO2.Zn/c9-6-4-7-3-1-2-5-8(7)10;/h1-3,5,9H,4,6H2;. The first-order valence-corrected chi connectivity index (χ1v) is 3.12. The summed E-state index contributed by atoms with van der Waals surface area (Å²) in [4.78, 5) is 0. The Morgan fingerprint density at radius 2 is 2.18 bits per heavy atom. The first-order chi connectivity index (χ1) is 4.84. The molecule has 1 aromatic rings. The molecule has 0 spiro atoms. The van der Waals surface area contributed by atoms with Gasteiger partial charge in [-0.05, 0) is 0 Å². The Morgan fingerprint density at radius 3 is 2.73 bits per heavy atom. The van der Waals surface area contributed by atoms with Crippen LogP contribution in [0.2, 0.25) is 0 Å². The summed E-state index contributed by atoms with van der Waals surface area (Å²) in [5.74, 6) is 0. The largest absolute Gasteiger partial charge is 0.619 e. The number of hydrogen-bond donors (Lipinski definition) is 1. The number of aromatic nitrogens is 1. The summed E-state index contributed by atoms with van der Waals surface area (Å²) in [5, 5.41) is 19.3. The van der Waals surface area contributed by atoms with Crippen molar-refractivity contribution in [3.63, 3.8) is 0 Å². The van der Waals surface area contributed by atoms with Crippen molar-refractivity contribution >= 4 is 0 Å². The maximum Gasteiger partial charge on any atom is 0.195 e. The van der Waals surface area contributed by atoms with Crippen LogP contribution in [-0.2, 0) is 25.9 Å². The Balaban J connectivity index is 0.000001000. The Morgan fingerprint density at radius 1 is 1.45 bits per heavy atom. The van der Waals surface area contributed by atoms with Gasteiger partial charge in [0, 0.05) is 31.6 Å². The molecule has 11 heavy (non-hydrogen) atoms. The molecule has 0 radical (unpaired) electrons. The smallest absolute Gasteiger partial charge is 0.195 e. The van der Waals surface area contributed by atoms with E-state index in [1.54, 1.807) is 18.2 Å². The quantitative estimate of drug-likeness (QED) is 0.414. The van der Waals surface area contributed by atoms with E-state index in [9.17, 15) is 5.21 Å². The maximum atomic E-state index is 10.8. The van der Waals surface area contributed by atoms with Crippen LogP contribution >= 0.6 is 0 Å². The Labute approximate surface area is 78.0 Å². The van der Waals surface area contributed by atoms with Crippen LogP contribution in [0.4, 0.5) is 0 Å². The second kappa shape index (κ2) is 5.22. The molecule has 0 aromatic carbocycles. The Kier molecular flexibility index (Phi) is 5.00. The summed E-state index contributed by atoms with van der Waals surface area (Å²) in [6.45, 7) is 0.0201. The van der Waals surface area contributed by atoms with Gasteiger partial charge in [0.1, 0.15) is 0 Å². The molecular formula is C7H9NO2Zn. The predicted octanol–water partition coefficient (Wildman–Crippen LogP) is -0.148. The van der Waals surface area contributed by atoms with Crippen molar-refractivity contribution in [1.29, 1.82) is 0 Å². The Hall–Kier alpha value is -0.467. The van der Waals surface area contributed by atoms with Crippen molar-refractivity contribution < 1.29 is 29.3 Å². The maximum absolute atomic E-state index is 10.8. The van der Waals surface area contributed by atoms with Crippen molar-refractivity contribution in [2.75, 3.05) is 6.61 Å². The molecule has 3 nitrogen and oxygen atoms in total. The number of rotatable bonds is 2. The minimum absolute atomic E-state index is 0. The van der Waals surface area contributed by atoms with Crippen molar-refractivity contribution in [2.45, 2.75) is 6.42 Å². The van der Waals surface area contributed by atoms with Crippen LogP contribution in [0.25, 0.3) is 0 Å². The van der Waals surface area contributed by atoms with Crippen molar-refractivity contribution in [2.24, 2.45) is 0 Å². The molecule has 0 aliphatic rings. The number of hydrogen-bond acceptors (Lipinski definition) is 2. The summed E-state index contributed by atoms with van der Waals surface area (Å²) in [7, 11) is 0. The molecule has 1 N–H and O–H groups in total. The summed E-state index contributed by atoms with van der Waals surface area (Å²) < 4.78 is 0.760. The molecule has 4 heteroatoms. The minimum Gasteiger partial charge on any atom is -0.619 e. The Bertz CT molecular complexity index is 217. The molecule has 0 aliphatic carbocycles. The van der Waals surface area contributed by atoms with Crippen LogP contribution in [0.1, 0.15) is 5.69 Å². The molecule has 0 saturated carbocycles. The number of nitrogens with zero attached hydrogens (tertiary/aromatic N) is 1. The number of aliphatic hydroxyl groups excluding tert-OH is 1. The minimum atomic E-state index is 0. The zero-order valence-electron chi connectivity index (χ0n) is 6.23. The second-order valence-electron chi connectivity index (χ2n) is 1.99. The van der Waals surface area contributed by atoms with E-state index in [4.69, 9.17) is 5.11 Å². The molecular weight excluding hydrogens is 195 g/mol. The van der Waals surface area contributed by atoms with Gasteiger partial charge in [0.2, 0.25) is 0 Å². The fraction of sp³-hybridized carbons (Fsp3) is 0.286. The van der Waals surface area contributed by atoms with Gasteiger partial charge in [0.25, 0.3) is 0 Å². The summed E-state index contributed by atoms with van der Waals surface area (Å²) in [6, 6.07) is 5.14. The molecule has 0 amide bonds. The average Bonchev–Trinajstić information content (AvgIpc) is 1.94. The third kappa shape index (κ3) is 2.95. The van der Waals surface area contributed by atoms with E-state index in [0.717, 1.165) is 4.73 Å². The van der Waals surface area contributed by atoms with Gasteiger partial charge in [-0.2, -0.15) is 4.73 Å². The van der Waals surface area contributed by atoms with Crippen LogP contribution in [0.15, 0.2) is 24.4 Å². The van der Waals surface area contributed by atoms with Gasteiger partial charge >= 0.3 is 0 Å². The van der Waals surface area contributed by atoms with Gasteiger partial charge in [-0.1, -0.05) is 6.07 Å². The topological polar surface area (TPSA) is 47.2 Å². The van der Waals surface area contributed by atoms with Crippen LogP contribution in [-0.4, -0.2) is 11.7 Å². The average molecular weight is 205 g/mol. The first-order valence-electron chi connectivity index (χ1n) is 3.12. The molecule has 0 aliphatic heterocycles. The van der Waals surface area contributed by atoms with Crippen molar-refractivity contribution in [3.8, 4) is 0 Å². The van der Waals surface area contributed by atoms with Crippen LogP contribution in [0.3, 0.4) is 0 Å². The van der Waals surface area contributed by atoms with Crippen molar-refractivity contribution in [3.05, 3.63) is 35.3 Å². The monoisotopic (exact) mass is 203 g/mol. The fourth-order valence-corrected chi connectivity index (χ4v) is 0.772. The zero-order valence-corrected chi connectivity index (χ0v) is 9.20. The molecule has 0 saturated heterocycles. The molecule has 0 fully saturated rings. The van der Waals surface area contributed by atoms with Gasteiger partial charge in [0.15, 0.2) is 11.9 Å². The zero-order chi connectivity index (χ0) is 7.40. The fourth-order valence-electron chi connectivity index (χ4n) is 0.772. The molecule has 56 valence electrons. The van der Waals surface area contributed by atoms with E-state index < -0.39 is 0 Å². The summed E-state index contributed by atoms with van der Waals surface area (Å²) in [5.41, 5.74) is 0.602. The molecule has 0 unspecified atom stereocenters. The molecule has 0 atom stereocenters. The molecule has 0 bridgehead atoms. The third-order valence-electron chi connectivity index (χ3n) is 1.27. The van der Waals surface area contributed by atoms with Gasteiger partial charge < -0.3 is 10.3 Å². The molecule has 1 rings (SSSR count). The van der Waals surface area contributed by atoms with Crippen LogP contribution < -0.4 is 4.73 Å². The van der Waals surface area contributed by atoms with E-state index >= 15 is 0 Å². The van der Waals surface area contributed by atoms with Crippen molar-refractivity contribution in [1.82, 2.24) is 0 Å². The SMILES string of the molecule is [O-][n+]1ccccc1CCO.[Zn]. The van der Waals surface area contributed by atoms with Gasteiger partial charge in [-0.15, -0.1) is 0 Å². The third-order valence-corrected chi connectivity index (χ3v) is 1.27. The van der Waals surface area contributed by atoms with E-state index in [1.807, 2.05) is 0 Å². The first kappa shape index (κ1) is 10.5. The van der Waals surface area contributed by atoms with E-state index in [0.29, 0.717) is 12.1 Å². The van der Waals surface area contributed by atoms with E-state index in [-0.39, 0.29) is 26.1 Å². The normalized spacial score (nSPS) is 8.82. The number of pyridine rings is 1. The molecule has 1 aromatic heterocycles. The molecule has 1 heterocycles. The summed E-state index contributed by atoms with van der Waals surface area (Å²) >= 11 is 0. The second-order valence-corrected chi connectivity index (χ2v) is 1.99. The van der Waals surface area contributed by atoms with E-state index in [1.165, 1.54) is 6.20 Å². The van der Waals surface area contributed by atoms with Crippen LogP contribution in [0, 0.1) is 5.21 Å². The number of aliphatic hydroxyl groups is 1. The van der Waals surface area contributed by atoms with Crippen LogP contribution in [0.5, 0.6) is 0 Å². The van der Waals surface area contributed by atoms with Gasteiger partial charge in [0.05, 0.1) is 13.0 Å². The summed E-state index contributed by atoms with van der Waals surface area (Å²) in [6.07, 6.45) is 1.84. The van der Waals surface area contributed by atoms with Gasteiger partial charge in [-0.3, -0.25) is 0 Å². The van der Waals surface area contributed by atoms with Gasteiger partial charge in [-0.25, -0.2) is 0 Å².